The molecule has 3 rings (SSSR count). The highest BCUT2D eigenvalue weighted by Crippen LogP contribution is 2.38. The van der Waals surface area contributed by atoms with Crippen LogP contribution in [0.1, 0.15) is 34.9 Å². The van der Waals surface area contributed by atoms with Crippen molar-refractivity contribution in [1.82, 2.24) is 0 Å². The first-order valence-electron chi connectivity index (χ1n) is 6.65. The second-order valence-corrected chi connectivity index (χ2v) is 8.13. The van der Waals surface area contributed by atoms with E-state index in [-0.39, 0.29) is 6.04 Å². The van der Waals surface area contributed by atoms with E-state index in [1.807, 2.05) is 0 Å². The quantitative estimate of drug-likeness (QED) is 0.597. The first-order valence-corrected chi connectivity index (χ1v) is 8.55. The Morgan fingerprint density at radius 2 is 2.05 bits per heavy atom. The third kappa shape index (κ3) is 3.36. The van der Waals surface area contributed by atoms with Gasteiger partial charge in [-0.2, -0.15) is 13.2 Å². The van der Waals surface area contributed by atoms with Gasteiger partial charge in [-0.3, -0.25) is 0 Å². The van der Waals surface area contributed by atoms with Gasteiger partial charge in [-0.15, -0.1) is 11.3 Å². The van der Waals surface area contributed by atoms with E-state index in [1.165, 1.54) is 25.5 Å². The molecule has 0 fully saturated rings. The standard InChI is InChI=1S/C15H13F3INS/c16-15(17,18)9-3-1-4-10(7-9)20-12-5-2-6-13-11(12)8-14(19)21-13/h1,3-4,7-8,12,20H,2,5-6H2. The number of hydrogen-bond acceptors (Lipinski definition) is 2. The predicted molar refractivity (Wildman–Crippen MR) is 87.8 cm³/mol. The molecule has 0 aliphatic heterocycles. The van der Waals surface area contributed by atoms with Crippen molar-refractivity contribution in [1.29, 1.82) is 0 Å². The van der Waals surface area contributed by atoms with Crippen LogP contribution in [0.2, 0.25) is 0 Å². The van der Waals surface area contributed by atoms with Gasteiger partial charge >= 0.3 is 6.18 Å². The van der Waals surface area contributed by atoms with Crippen molar-refractivity contribution in [3.05, 3.63) is 49.2 Å². The third-order valence-corrected chi connectivity index (χ3v) is 5.59. The normalized spacial score (nSPS) is 18.4. The Morgan fingerprint density at radius 1 is 1.24 bits per heavy atom. The fourth-order valence-corrected chi connectivity index (χ4v) is 4.78. The molecule has 1 unspecified atom stereocenters. The molecule has 0 amide bonds. The van der Waals surface area contributed by atoms with Gasteiger partial charge in [0.2, 0.25) is 0 Å². The number of hydrogen-bond donors (Lipinski definition) is 1. The van der Waals surface area contributed by atoms with Crippen LogP contribution in [0.15, 0.2) is 30.3 Å². The number of nitrogens with one attached hydrogen (secondary N) is 1. The van der Waals surface area contributed by atoms with E-state index in [9.17, 15) is 13.2 Å². The van der Waals surface area contributed by atoms with Crippen molar-refractivity contribution in [3.63, 3.8) is 0 Å². The molecule has 112 valence electrons. The van der Waals surface area contributed by atoms with Crippen LogP contribution in [0.3, 0.4) is 0 Å². The highest BCUT2D eigenvalue weighted by atomic mass is 127. The summed E-state index contributed by atoms with van der Waals surface area (Å²) in [7, 11) is 0. The number of halogens is 4. The van der Waals surface area contributed by atoms with Crippen LogP contribution < -0.4 is 5.32 Å². The molecular formula is C15H13F3INS. The van der Waals surface area contributed by atoms with Gasteiger partial charge < -0.3 is 5.32 Å². The molecule has 1 aromatic carbocycles. The second-order valence-electron chi connectivity index (χ2n) is 5.10. The summed E-state index contributed by atoms with van der Waals surface area (Å²) in [6.07, 6.45) is -1.20. The lowest BCUT2D eigenvalue weighted by Gasteiger charge is -2.25. The van der Waals surface area contributed by atoms with Gasteiger partial charge in [0.25, 0.3) is 0 Å². The summed E-state index contributed by atoms with van der Waals surface area (Å²) in [6.45, 7) is 0. The van der Waals surface area contributed by atoms with E-state index < -0.39 is 11.7 Å². The summed E-state index contributed by atoms with van der Waals surface area (Å²) in [5.41, 5.74) is 1.17. The van der Waals surface area contributed by atoms with E-state index in [0.717, 1.165) is 25.3 Å². The topological polar surface area (TPSA) is 12.0 Å². The summed E-state index contributed by atoms with van der Waals surface area (Å²) in [5, 5.41) is 3.27. The maximum absolute atomic E-state index is 12.8. The van der Waals surface area contributed by atoms with Crippen molar-refractivity contribution < 1.29 is 13.2 Å². The molecule has 1 aliphatic rings. The Kier molecular flexibility index (Phi) is 4.18. The number of anilines is 1. The Morgan fingerprint density at radius 3 is 2.81 bits per heavy atom. The smallest absolute Gasteiger partial charge is 0.378 e. The zero-order valence-electron chi connectivity index (χ0n) is 11.0. The largest absolute Gasteiger partial charge is 0.416 e. The number of aryl methyl sites for hydroxylation is 1. The number of thiophene rings is 1. The van der Waals surface area contributed by atoms with Crippen molar-refractivity contribution in [2.45, 2.75) is 31.5 Å². The molecule has 1 N–H and O–H groups in total. The summed E-state index contributed by atoms with van der Waals surface area (Å²) >= 11 is 4.08. The number of fused-ring (bicyclic) bond motifs is 1. The summed E-state index contributed by atoms with van der Waals surface area (Å²) in [4.78, 5) is 1.36. The molecular weight excluding hydrogens is 410 g/mol. The molecule has 1 aliphatic carbocycles. The van der Waals surface area contributed by atoms with Crippen LogP contribution in [0.4, 0.5) is 18.9 Å². The van der Waals surface area contributed by atoms with Gasteiger partial charge in [0, 0.05) is 10.6 Å². The van der Waals surface area contributed by atoms with Gasteiger partial charge in [-0.1, -0.05) is 6.07 Å². The van der Waals surface area contributed by atoms with Crippen LogP contribution in [0.25, 0.3) is 0 Å². The predicted octanol–water partition coefficient (Wildman–Crippen LogP) is 5.86. The van der Waals surface area contributed by atoms with E-state index in [1.54, 1.807) is 17.4 Å². The maximum Gasteiger partial charge on any atom is 0.416 e. The maximum atomic E-state index is 12.8. The lowest BCUT2D eigenvalue weighted by Crippen LogP contribution is -2.16. The average molecular weight is 423 g/mol. The first kappa shape index (κ1) is 15.1. The minimum atomic E-state index is -4.30. The Hall–Kier alpha value is -0.760. The summed E-state index contributed by atoms with van der Waals surface area (Å²) < 4.78 is 39.5. The highest BCUT2D eigenvalue weighted by molar-refractivity contribution is 14.1. The number of alkyl halides is 3. The zero-order valence-corrected chi connectivity index (χ0v) is 14.0. The van der Waals surface area contributed by atoms with Crippen LogP contribution in [0.5, 0.6) is 0 Å². The molecule has 6 heteroatoms. The van der Waals surface area contributed by atoms with Gasteiger partial charge in [0.1, 0.15) is 0 Å². The molecule has 1 nitrogen and oxygen atoms in total. The van der Waals surface area contributed by atoms with Crippen LogP contribution >= 0.6 is 33.9 Å². The van der Waals surface area contributed by atoms with E-state index in [0.29, 0.717) is 5.69 Å². The van der Waals surface area contributed by atoms with Gasteiger partial charge in [0.15, 0.2) is 0 Å². The molecule has 21 heavy (non-hydrogen) atoms. The molecule has 0 saturated heterocycles. The Bertz CT molecular complexity index is 651. The molecule has 0 saturated carbocycles. The first-order chi connectivity index (χ1) is 9.93. The lowest BCUT2D eigenvalue weighted by atomic mass is 9.94. The zero-order chi connectivity index (χ0) is 15.0. The summed E-state index contributed by atoms with van der Waals surface area (Å²) in [5.74, 6) is 0. The van der Waals surface area contributed by atoms with Crippen molar-refractivity contribution in [3.8, 4) is 0 Å². The molecule has 1 aromatic heterocycles. The van der Waals surface area contributed by atoms with Crippen molar-refractivity contribution >= 4 is 39.6 Å². The molecule has 1 heterocycles. The Labute approximate surface area is 138 Å². The van der Waals surface area contributed by atoms with Crippen molar-refractivity contribution in [2.75, 3.05) is 5.32 Å². The van der Waals surface area contributed by atoms with Crippen LogP contribution in [0, 0.1) is 2.88 Å². The number of rotatable bonds is 2. The van der Waals surface area contributed by atoms with Gasteiger partial charge in [-0.05, 0) is 71.7 Å². The minimum absolute atomic E-state index is 0.108. The minimum Gasteiger partial charge on any atom is -0.378 e. The SMILES string of the molecule is FC(F)(F)c1cccc(NC2CCCc3sc(I)cc32)c1. The molecule has 0 bridgehead atoms. The van der Waals surface area contributed by atoms with Crippen LogP contribution in [-0.2, 0) is 12.6 Å². The molecule has 0 radical (unpaired) electrons. The molecule has 1 atom stereocenters. The van der Waals surface area contributed by atoms with E-state index in [2.05, 4.69) is 34.0 Å². The fraction of sp³-hybridized carbons (Fsp3) is 0.333. The van der Waals surface area contributed by atoms with E-state index in [4.69, 9.17) is 0 Å². The number of benzene rings is 1. The van der Waals surface area contributed by atoms with Crippen molar-refractivity contribution in [2.24, 2.45) is 0 Å². The fourth-order valence-electron chi connectivity index (χ4n) is 2.66. The lowest BCUT2D eigenvalue weighted by molar-refractivity contribution is -0.137. The molecule has 0 spiro atoms. The van der Waals surface area contributed by atoms with Crippen LogP contribution in [-0.4, -0.2) is 0 Å². The summed E-state index contributed by atoms with van der Waals surface area (Å²) in [6, 6.07) is 7.69. The van der Waals surface area contributed by atoms with E-state index >= 15 is 0 Å². The Balaban J connectivity index is 1.85. The monoisotopic (exact) mass is 423 g/mol. The second kappa shape index (κ2) is 5.79. The molecule has 2 aromatic rings. The third-order valence-electron chi connectivity index (χ3n) is 3.61. The van der Waals surface area contributed by atoms with Gasteiger partial charge in [-0.25, -0.2) is 0 Å². The van der Waals surface area contributed by atoms with Gasteiger partial charge in [0.05, 0.1) is 14.5 Å². The average Bonchev–Trinajstić information content (AvgIpc) is 2.80. The highest BCUT2D eigenvalue weighted by Gasteiger charge is 2.31.